The van der Waals surface area contributed by atoms with Gasteiger partial charge in [0.2, 0.25) is 0 Å². The summed E-state index contributed by atoms with van der Waals surface area (Å²) in [7, 11) is 0. The molecule has 21 heavy (non-hydrogen) atoms. The highest BCUT2D eigenvalue weighted by Gasteiger charge is 2.26. The first-order valence-corrected chi connectivity index (χ1v) is 7.87. The largest absolute Gasteiger partial charge is 0.378 e. The molecule has 3 nitrogen and oxygen atoms in total. The maximum atomic E-state index is 12.3. The summed E-state index contributed by atoms with van der Waals surface area (Å²) < 4.78 is 5.61. The zero-order valence-electron chi connectivity index (χ0n) is 11.6. The number of hydrogen-bond donors (Lipinski definition) is 0. The molecule has 0 aliphatic carbocycles. The van der Waals surface area contributed by atoms with Gasteiger partial charge in [0.05, 0.1) is 12.2 Å². The molecule has 2 unspecified atom stereocenters. The van der Waals surface area contributed by atoms with Crippen molar-refractivity contribution in [2.24, 2.45) is 0 Å². The van der Waals surface area contributed by atoms with E-state index in [-0.39, 0.29) is 11.9 Å². The smallest absolute Gasteiger partial charge is 0.154 e. The van der Waals surface area contributed by atoms with Gasteiger partial charge in [0.25, 0.3) is 0 Å². The monoisotopic (exact) mass is 325 g/mol. The molecule has 0 saturated carbocycles. The highest BCUT2D eigenvalue weighted by molar-refractivity contribution is 6.36. The molecule has 1 aromatic carbocycles. The lowest BCUT2D eigenvalue weighted by Gasteiger charge is -2.22. The molecule has 1 aliphatic heterocycles. The maximum Gasteiger partial charge on any atom is 0.154 e. The van der Waals surface area contributed by atoms with Crippen LogP contribution in [0.4, 0.5) is 0 Å². The lowest BCUT2D eigenvalue weighted by molar-refractivity contribution is -0.120. The van der Waals surface area contributed by atoms with Crippen LogP contribution in [0.3, 0.4) is 0 Å². The summed E-state index contributed by atoms with van der Waals surface area (Å²) >= 11 is 12.2. The number of carbonyl (C=O) groups is 1. The Morgan fingerprint density at radius 1 is 1.38 bits per heavy atom. The van der Waals surface area contributed by atoms with Crippen molar-refractivity contribution in [1.29, 1.82) is 5.26 Å². The first kappa shape index (κ1) is 16.3. The van der Waals surface area contributed by atoms with Crippen LogP contribution in [0.2, 0.25) is 10.0 Å². The van der Waals surface area contributed by atoms with Gasteiger partial charge in [-0.1, -0.05) is 29.3 Å². The standard InChI is InChI=1S/C16H17Cl2NO2/c17-13-5-3-6-14(18)16(13)12(10-19)15(20)8-7-11-4-1-2-9-21-11/h3,5-6,11-12H,1-2,4,7-9H2. The number of nitriles is 1. The van der Waals surface area contributed by atoms with Gasteiger partial charge in [0.15, 0.2) is 5.78 Å². The number of hydrogen-bond acceptors (Lipinski definition) is 3. The van der Waals surface area contributed by atoms with Gasteiger partial charge in [0.1, 0.15) is 5.92 Å². The van der Waals surface area contributed by atoms with E-state index in [1.165, 1.54) is 0 Å². The molecule has 2 atom stereocenters. The zero-order valence-corrected chi connectivity index (χ0v) is 13.2. The van der Waals surface area contributed by atoms with Crippen LogP contribution in [-0.2, 0) is 9.53 Å². The minimum atomic E-state index is -0.908. The third kappa shape index (κ3) is 4.20. The van der Waals surface area contributed by atoms with E-state index in [0.717, 1.165) is 25.9 Å². The predicted octanol–water partition coefficient (Wildman–Crippen LogP) is 4.52. The molecule has 0 radical (unpaired) electrons. The summed E-state index contributed by atoms with van der Waals surface area (Å²) in [5.74, 6) is -1.06. The van der Waals surface area contributed by atoms with Crippen molar-refractivity contribution in [2.45, 2.75) is 44.1 Å². The molecule has 1 saturated heterocycles. The SMILES string of the molecule is N#CC(C(=O)CCC1CCCCO1)c1c(Cl)cccc1Cl. The van der Waals surface area contributed by atoms with Crippen LogP contribution in [0.25, 0.3) is 0 Å². The van der Waals surface area contributed by atoms with Crippen LogP contribution in [-0.4, -0.2) is 18.5 Å². The third-order valence-electron chi connectivity index (χ3n) is 3.73. The molecular weight excluding hydrogens is 309 g/mol. The van der Waals surface area contributed by atoms with Crippen molar-refractivity contribution in [3.8, 4) is 6.07 Å². The van der Waals surface area contributed by atoms with E-state index in [9.17, 15) is 10.1 Å². The molecule has 1 aromatic rings. The van der Waals surface area contributed by atoms with Gasteiger partial charge < -0.3 is 4.74 Å². The Balaban J connectivity index is 2.03. The van der Waals surface area contributed by atoms with Gasteiger partial charge in [-0.05, 0) is 37.8 Å². The molecule has 1 fully saturated rings. The minimum Gasteiger partial charge on any atom is -0.378 e. The van der Waals surface area contributed by atoms with Crippen LogP contribution >= 0.6 is 23.2 Å². The Hall–Kier alpha value is -1.08. The summed E-state index contributed by atoms with van der Waals surface area (Å²) in [5.41, 5.74) is 0.415. The molecule has 0 N–H and O–H groups in total. The molecule has 2 rings (SSSR count). The van der Waals surface area contributed by atoms with Gasteiger partial charge in [-0.15, -0.1) is 0 Å². The number of ketones is 1. The number of benzene rings is 1. The second-order valence-corrected chi connectivity index (χ2v) is 6.01. The number of Topliss-reactive ketones (excluding diaryl/α,β-unsaturated/α-hetero) is 1. The van der Waals surface area contributed by atoms with E-state index in [0.29, 0.717) is 28.5 Å². The van der Waals surface area contributed by atoms with Gasteiger partial charge in [-0.2, -0.15) is 5.26 Å². The lowest BCUT2D eigenvalue weighted by Crippen LogP contribution is -2.21. The fraction of sp³-hybridized carbons (Fsp3) is 0.500. The van der Waals surface area contributed by atoms with E-state index in [1.54, 1.807) is 18.2 Å². The quantitative estimate of drug-likeness (QED) is 0.799. The summed E-state index contributed by atoms with van der Waals surface area (Å²) in [6.45, 7) is 0.761. The molecule has 0 aromatic heterocycles. The normalized spacial score (nSPS) is 19.8. The van der Waals surface area contributed by atoms with Crippen molar-refractivity contribution in [2.75, 3.05) is 6.61 Å². The second kappa shape index (κ2) is 7.79. The average Bonchev–Trinajstić information content (AvgIpc) is 2.50. The van der Waals surface area contributed by atoms with E-state index >= 15 is 0 Å². The van der Waals surface area contributed by atoms with Crippen LogP contribution in [0.1, 0.15) is 43.6 Å². The highest BCUT2D eigenvalue weighted by atomic mass is 35.5. The van der Waals surface area contributed by atoms with Gasteiger partial charge in [-0.3, -0.25) is 4.79 Å². The van der Waals surface area contributed by atoms with Crippen LogP contribution in [0.15, 0.2) is 18.2 Å². The number of carbonyl (C=O) groups excluding carboxylic acids is 1. The molecule has 0 spiro atoms. The van der Waals surface area contributed by atoms with Gasteiger partial charge in [-0.25, -0.2) is 0 Å². The van der Waals surface area contributed by atoms with Crippen molar-refractivity contribution < 1.29 is 9.53 Å². The fourth-order valence-electron chi connectivity index (χ4n) is 2.57. The maximum absolute atomic E-state index is 12.3. The van der Waals surface area contributed by atoms with E-state index < -0.39 is 5.92 Å². The molecule has 0 bridgehead atoms. The molecule has 0 amide bonds. The Morgan fingerprint density at radius 2 is 2.10 bits per heavy atom. The highest BCUT2D eigenvalue weighted by Crippen LogP contribution is 2.33. The van der Waals surface area contributed by atoms with E-state index in [2.05, 4.69) is 0 Å². The molecule has 1 aliphatic rings. The predicted molar refractivity (Wildman–Crippen MR) is 82.6 cm³/mol. The van der Waals surface area contributed by atoms with Crippen molar-refractivity contribution >= 4 is 29.0 Å². The number of ether oxygens (including phenoxy) is 1. The number of rotatable bonds is 5. The zero-order chi connectivity index (χ0) is 15.2. The first-order chi connectivity index (χ1) is 10.1. The Kier molecular flexibility index (Phi) is 6.05. The molecule has 1 heterocycles. The van der Waals surface area contributed by atoms with Crippen molar-refractivity contribution in [3.63, 3.8) is 0 Å². The molecule has 5 heteroatoms. The summed E-state index contributed by atoms with van der Waals surface area (Å²) in [5, 5.41) is 10.0. The Labute approximate surface area is 134 Å². The topological polar surface area (TPSA) is 50.1 Å². The number of halogens is 2. The van der Waals surface area contributed by atoms with Crippen LogP contribution in [0, 0.1) is 11.3 Å². The van der Waals surface area contributed by atoms with Crippen molar-refractivity contribution in [1.82, 2.24) is 0 Å². The second-order valence-electron chi connectivity index (χ2n) is 5.19. The molecule has 112 valence electrons. The Bertz CT molecular complexity index is 527. The van der Waals surface area contributed by atoms with E-state index in [1.807, 2.05) is 6.07 Å². The van der Waals surface area contributed by atoms with Crippen molar-refractivity contribution in [3.05, 3.63) is 33.8 Å². The molecular formula is C16H17Cl2NO2. The summed E-state index contributed by atoms with van der Waals surface area (Å²) in [6, 6.07) is 7.01. The average molecular weight is 326 g/mol. The summed E-state index contributed by atoms with van der Waals surface area (Å²) in [6.07, 6.45) is 4.29. The summed E-state index contributed by atoms with van der Waals surface area (Å²) in [4.78, 5) is 12.3. The van der Waals surface area contributed by atoms with E-state index in [4.69, 9.17) is 27.9 Å². The van der Waals surface area contributed by atoms with Crippen LogP contribution < -0.4 is 0 Å². The lowest BCUT2D eigenvalue weighted by atomic mass is 9.92. The third-order valence-corrected chi connectivity index (χ3v) is 4.39. The minimum absolute atomic E-state index is 0.128. The van der Waals surface area contributed by atoms with Crippen LogP contribution in [0.5, 0.6) is 0 Å². The van der Waals surface area contributed by atoms with Gasteiger partial charge in [0, 0.05) is 28.6 Å². The Morgan fingerprint density at radius 3 is 2.67 bits per heavy atom. The first-order valence-electron chi connectivity index (χ1n) is 7.11. The van der Waals surface area contributed by atoms with Gasteiger partial charge >= 0.3 is 0 Å². The number of nitrogens with zero attached hydrogens (tertiary/aromatic N) is 1. The fourth-order valence-corrected chi connectivity index (χ4v) is 3.18.